The Morgan fingerprint density at radius 2 is 2.05 bits per heavy atom. The maximum absolute atomic E-state index is 15.3. The Labute approximate surface area is 224 Å². The lowest BCUT2D eigenvalue weighted by Crippen LogP contribution is -2.56. The molecule has 0 amide bonds. The molecule has 1 aliphatic heterocycles. The molecule has 0 radical (unpaired) electrons. The number of nitrogen functional groups attached to an aromatic ring is 1. The summed E-state index contributed by atoms with van der Waals surface area (Å²) >= 11 is 1.54. The molecular weight excluding hydrogens is 501 g/mol. The van der Waals surface area contributed by atoms with Crippen molar-refractivity contribution < 1.29 is 4.39 Å². The van der Waals surface area contributed by atoms with Crippen LogP contribution in [0.25, 0.3) is 16.0 Å². The fraction of sp³-hybridized carbons (Fsp3) is 0.481. The van der Waals surface area contributed by atoms with Gasteiger partial charge >= 0.3 is 0 Å². The third-order valence-electron chi connectivity index (χ3n) is 8.70. The maximum Gasteiger partial charge on any atom is 0.248 e. The van der Waals surface area contributed by atoms with E-state index in [-0.39, 0.29) is 17.7 Å². The molecular formula is C27H32FN9S. The van der Waals surface area contributed by atoms with Gasteiger partial charge in [0.25, 0.3) is 0 Å². The lowest BCUT2D eigenvalue weighted by Gasteiger charge is -2.46. The minimum atomic E-state index is -0.255. The van der Waals surface area contributed by atoms with Crippen molar-refractivity contribution in [2.45, 2.75) is 51.6 Å². The van der Waals surface area contributed by atoms with E-state index in [0.29, 0.717) is 23.2 Å². The van der Waals surface area contributed by atoms with Crippen LogP contribution < -0.4 is 16.0 Å². The molecule has 4 aromatic rings. The van der Waals surface area contributed by atoms with E-state index in [1.807, 2.05) is 24.4 Å². The molecule has 3 N–H and O–H groups in total. The van der Waals surface area contributed by atoms with Crippen LogP contribution >= 0.6 is 11.3 Å². The molecule has 9 nitrogen and oxygen atoms in total. The molecule has 3 unspecified atom stereocenters. The van der Waals surface area contributed by atoms with Crippen LogP contribution in [0.5, 0.6) is 0 Å². The number of hydrogen-bond acceptors (Lipinski definition) is 9. The van der Waals surface area contributed by atoms with Gasteiger partial charge in [0.2, 0.25) is 11.9 Å². The van der Waals surface area contributed by atoms with E-state index in [2.05, 4.69) is 42.1 Å². The van der Waals surface area contributed by atoms with Crippen LogP contribution in [0, 0.1) is 24.6 Å². The Balaban J connectivity index is 1.06. The van der Waals surface area contributed by atoms with Crippen molar-refractivity contribution in [2.75, 3.05) is 35.6 Å². The molecule has 198 valence electrons. The summed E-state index contributed by atoms with van der Waals surface area (Å²) < 4.78 is 17.7. The highest BCUT2D eigenvalue weighted by Crippen LogP contribution is 2.47. The molecule has 4 heterocycles. The fourth-order valence-electron chi connectivity index (χ4n) is 6.91. The van der Waals surface area contributed by atoms with Gasteiger partial charge in [0, 0.05) is 37.4 Å². The monoisotopic (exact) mass is 533 g/mol. The number of hydrogen-bond donors (Lipinski definition) is 2. The van der Waals surface area contributed by atoms with E-state index in [4.69, 9.17) is 5.73 Å². The molecule has 4 atom stereocenters. The standard InChI is InChI=1S/C27H32FN9S/c1-15-13-38-24-23(15)30-14-31-25(24)37-26(29)33-27(34-37)32-19-5-6-21(20(28)11-19)35-7-8-36(16(2)12-35)22-10-17-3-4-18(22)9-17/h5-6,11,13-14,16-18,22H,3-4,7-10,12H2,1-2H3,(H3,29,32,33,34)/t16-,17?,18?,22?/m0/s1. The Kier molecular flexibility index (Phi) is 5.73. The van der Waals surface area contributed by atoms with Crippen LogP contribution in [0.4, 0.5) is 27.7 Å². The van der Waals surface area contributed by atoms with Gasteiger partial charge in [-0.1, -0.05) is 6.42 Å². The van der Waals surface area contributed by atoms with Crippen molar-refractivity contribution in [1.82, 2.24) is 29.6 Å². The number of piperazine rings is 1. The van der Waals surface area contributed by atoms with Crippen LogP contribution in [-0.4, -0.2) is 61.4 Å². The summed E-state index contributed by atoms with van der Waals surface area (Å²) in [7, 11) is 0. The number of aryl methyl sites for hydroxylation is 1. The van der Waals surface area contributed by atoms with E-state index in [1.54, 1.807) is 0 Å². The second kappa shape index (κ2) is 9.16. The number of halogens is 1. The molecule has 1 saturated heterocycles. The molecule has 38 heavy (non-hydrogen) atoms. The summed E-state index contributed by atoms with van der Waals surface area (Å²) in [6, 6.07) is 6.37. The highest BCUT2D eigenvalue weighted by atomic mass is 32.1. The number of thiophene rings is 1. The summed E-state index contributed by atoms with van der Waals surface area (Å²) in [5, 5.41) is 9.62. The summed E-state index contributed by atoms with van der Waals surface area (Å²) in [5.74, 6) is 2.60. The second-order valence-electron chi connectivity index (χ2n) is 11.1. The van der Waals surface area contributed by atoms with Crippen LogP contribution in [0.15, 0.2) is 29.9 Å². The quantitative estimate of drug-likeness (QED) is 0.379. The van der Waals surface area contributed by atoms with Gasteiger partial charge < -0.3 is 16.0 Å². The van der Waals surface area contributed by atoms with Gasteiger partial charge in [-0.2, -0.15) is 9.67 Å². The average molecular weight is 534 g/mol. The van der Waals surface area contributed by atoms with Gasteiger partial charge in [0.05, 0.1) is 15.9 Å². The number of nitrogens with two attached hydrogens (primary N) is 1. The van der Waals surface area contributed by atoms with Crippen molar-refractivity contribution in [3.8, 4) is 5.82 Å². The predicted octanol–water partition coefficient (Wildman–Crippen LogP) is 4.74. The SMILES string of the molecule is Cc1csc2c(-n3nc(Nc4ccc(N5CCN(C6CC7CCC6C7)[C@@H](C)C5)c(F)c4)nc3N)ncnc12. The first-order valence-electron chi connectivity index (χ1n) is 13.4. The molecule has 2 aliphatic carbocycles. The molecule has 3 aliphatic rings. The van der Waals surface area contributed by atoms with E-state index in [1.165, 1.54) is 54.1 Å². The minimum absolute atomic E-state index is 0.193. The average Bonchev–Trinajstić information content (AvgIpc) is 3.69. The number of aromatic nitrogens is 5. The summed E-state index contributed by atoms with van der Waals surface area (Å²) in [4.78, 5) is 18.0. The predicted molar refractivity (Wildman–Crippen MR) is 149 cm³/mol. The van der Waals surface area contributed by atoms with Gasteiger partial charge in [0.15, 0.2) is 5.82 Å². The van der Waals surface area contributed by atoms with Crippen LogP contribution in [0.3, 0.4) is 0 Å². The molecule has 3 fully saturated rings. The van der Waals surface area contributed by atoms with Crippen molar-refractivity contribution >= 4 is 44.8 Å². The molecule has 3 aromatic heterocycles. The highest BCUT2D eigenvalue weighted by Gasteiger charge is 2.44. The minimum Gasteiger partial charge on any atom is -0.368 e. The van der Waals surface area contributed by atoms with E-state index in [9.17, 15) is 0 Å². The molecule has 1 aromatic carbocycles. The van der Waals surface area contributed by atoms with Gasteiger partial charge in [-0.05, 0) is 74.1 Å². The normalized spacial score (nSPS) is 25.5. The number of fused-ring (bicyclic) bond motifs is 3. The Morgan fingerprint density at radius 3 is 2.82 bits per heavy atom. The van der Waals surface area contributed by atoms with Gasteiger partial charge in [-0.25, -0.2) is 14.4 Å². The van der Waals surface area contributed by atoms with E-state index < -0.39 is 0 Å². The number of nitrogens with one attached hydrogen (secondary N) is 1. The fourth-order valence-corrected chi connectivity index (χ4v) is 7.89. The summed E-state index contributed by atoms with van der Waals surface area (Å²) in [6.07, 6.45) is 7.07. The first kappa shape index (κ1) is 23.8. The van der Waals surface area contributed by atoms with Crippen molar-refractivity contribution in [3.05, 3.63) is 41.3 Å². The molecule has 7 rings (SSSR count). The molecule has 2 bridgehead atoms. The Morgan fingerprint density at radius 1 is 1.16 bits per heavy atom. The summed E-state index contributed by atoms with van der Waals surface area (Å²) in [5.41, 5.74) is 9.32. The Bertz CT molecular complexity index is 1500. The van der Waals surface area contributed by atoms with Crippen molar-refractivity contribution in [3.63, 3.8) is 0 Å². The van der Waals surface area contributed by atoms with Gasteiger partial charge in [-0.3, -0.25) is 4.90 Å². The number of anilines is 4. The third kappa shape index (κ3) is 3.99. The van der Waals surface area contributed by atoms with Crippen LogP contribution in [0.2, 0.25) is 0 Å². The van der Waals surface area contributed by atoms with Crippen molar-refractivity contribution in [1.29, 1.82) is 0 Å². The first-order valence-corrected chi connectivity index (χ1v) is 14.3. The van der Waals surface area contributed by atoms with E-state index >= 15 is 4.39 Å². The maximum atomic E-state index is 15.3. The van der Waals surface area contributed by atoms with E-state index in [0.717, 1.165) is 53.3 Å². The largest absolute Gasteiger partial charge is 0.368 e. The summed E-state index contributed by atoms with van der Waals surface area (Å²) in [6.45, 7) is 6.98. The smallest absolute Gasteiger partial charge is 0.248 e. The lowest BCUT2D eigenvalue weighted by atomic mass is 9.92. The Hall–Kier alpha value is -3.31. The number of benzene rings is 1. The van der Waals surface area contributed by atoms with Gasteiger partial charge in [0.1, 0.15) is 12.1 Å². The van der Waals surface area contributed by atoms with Gasteiger partial charge in [-0.15, -0.1) is 16.4 Å². The number of rotatable bonds is 5. The zero-order valence-corrected chi connectivity index (χ0v) is 22.5. The van der Waals surface area contributed by atoms with Crippen molar-refractivity contribution in [2.24, 2.45) is 11.8 Å². The zero-order chi connectivity index (χ0) is 26.0. The van der Waals surface area contributed by atoms with Crippen LogP contribution in [0.1, 0.15) is 38.2 Å². The topological polar surface area (TPSA) is 101 Å². The first-order chi connectivity index (χ1) is 18.4. The second-order valence-corrected chi connectivity index (χ2v) is 11.9. The molecule has 11 heteroatoms. The molecule has 0 spiro atoms. The lowest BCUT2D eigenvalue weighted by molar-refractivity contribution is 0.0900. The third-order valence-corrected chi connectivity index (χ3v) is 9.78. The number of nitrogens with zero attached hydrogens (tertiary/aromatic N) is 7. The van der Waals surface area contributed by atoms with Crippen LogP contribution in [-0.2, 0) is 0 Å². The zero-order valence-electron chi connectivity index (χ0n) is 21.6. The highest BCUT2D eigenvalue weighted by molar-refractivity contribution is 7.17. The molecule has 2 saturated carbocycles.